The van der Waals surface area contributed by atoms with Crippen LogP contribution in [0, 0.1) is 3.70 Å². The van der Waals surface area contributed by atoms with Crippen molar-refractivity contribution in [3.05, 3.63) is 25.5 Å². The van der Waals surface area contributed by atoms with Crippen LogP contribution < -0.4 is 0 Å². The summed E-state index contributed by atoms with van der Waals surface area (Å²) in [6.07, 6.45) is -2.62. The Bertz CT molecular complexity index is 306. The molecule has 12 heavy (non-hydrogen) atoms. The quantitative estimate of drug-likeness (QED) is 0.563. The highest BCUT2D eigenvalue weighted by Gasteiger charge is 2.15. The van der Waals surface area contributed by atoms with Crippen molar-refractivity contribution in [2.45, 2.75) is 6.43 Å². The Morgan fingerprint density at radius 3 is 2.50 bits per heavy atom. The molecule has 1 rings (SSSR count). The molecule has 1 aromatic heterocycles. The summed E-state index contributed by atoms with van der Waals surface area (Å²) in [5.41, 5.74) is -0.277. The van der Waals surface area contributed by atoms with Crippen LogP contribution in [-0.4, -0.2) is 4.98 Å². The summed E-state index contributed by atoms with van der Waals surface area (Å²) in [5, 5.41) is -0.00546. The van der Waals surface area contributed by atoms with Crippen LogP contribution in [0.4, 0.5) is 8.78 Å². The molecule has 0 aliphatic rings. The van der Waals surface area contributed by atoms with Crippen molar-refractivity contribution in [1.82, 2.24) is 4.98 Å². The molecule has 0 radical (unpaired) electrons. The van der Waals surface area contributed by atoms with Gasteiger partial charge in [0, 0.05) is 5.56 Å². The van der Waals surface area contributed by atoms with Crippen LogP contribution in [0.1, 0.15) is 12.0 Å². The molecule has 66 valence electrons. The molecule has 0 bridgehead atoms. The second-order valence-electron chi connectivity index (χ2n) is 1.94. The first-order valence-electron chi connectivity index (χ1n) is 2.82. The van der Waals surface area contributed by atoms with Gasteiger partial charge in [0.05, 0.1) is 5.02 Å². The van der Waals surface area contributed by atoms with Gasteiger partial charge in [0.25, 0.3) is 6.43 Å². The highest BCUT2D eigenvalue weighted by Crippen LogP contribution is 2.31. The molecule has 0 aliphatic carbocycles. The number of rotatable bonds is 1. The topological polar surface area (TPSA) is 12.9 Å². The van der Waals surface area contributed by atoms with Crippen LogP contribution in [0.5, 0.6) is 0 Å². The highest BCUT2D eigenvalue weighted by molar-refractivity contribution is 14.1. The van der Waals surface area contributed by atoms with Gasteiger partial charge in [0.15, 0.2) is 0 Å². The van der Waals surface area contributed by atoms with Crippen LogP contribution in [-0.2, 0) is 0 Å². The second kappa shape index (κ2) is 4.02. The van der Waals surface area contributed by atoms with E-state index in [1.54, 1.807) is 22.6 Å². The van der Waals surface area contributed by atoms with Crippen LogP contribution in [0.15, 0.2) is 6.07 Å². The Morgan fingerprint density at radius 2 is 2.00 bits per heavy atom. The maximum Gasteiger partial charge on any atom is 0.265 e. The van der Waals surface area contributed by atoms with Crippen LogP contribution in [0.3, 0.4) is 0 Å². The molecule has 0 N–H and O–H groups in total. The fourth-order valence-corrected chi connectivity index (χ4v) is 1.74. The molecule has 0 amide bonds. The van der Waals surface area contributed by atoms with Gasteiger partial charge < -0.3 is 0 Å². The summed E-state index contributed by atoms with van der Waals surface area (Å²) in [6.45, 7) is 0. The molecule has 0 saturated carbocycles. The molecular weight excluding hydrogens is 322 g/mol. The van der Waals surface area contributed by atoms with E-state index in [2.05, 4.69) is 4.98 Å². The Balaban J connectivity index is 3.28. The summed E-state index contributed by atoms with van der Waals surface area (Å²) in [6, 6.07) is 1.07. The summed E-state index contributed by atoms with van der Waals surface area (Å²) >= 11 is 12.8. The van der Waals surface area contributed by atoms with E-state index in [9.17, 15) is 8.78 Å². The van der Waals surface area contributed by atoms with E-state index in [0.717, 1.165) is 6.07 Å². The van der Waals surface area contributed by atoms with E-state index in [1.165, 1.54) is 0 Å². The fraction of sp³-hybridized carbons (Fsp3) is 0.167. The highest BCUT2D eigenvalue weighted by atomic mass is 127. The minimum atomic E-state index is -2.62. The third-order valence-corrected chi connectivity index (χ3v) is 2.84. The van der Waals surface area contributed by atoms with E-state index < -0.39 is 6.43 Å². The van der Waals surface area contributed by atoms with E-state index in [-0.39, 0.29) is 19.4 Å². The standard InChI is InChI=1S/C6H2Cl2F2IN/c7-3-1-2(5(9)10)4(8)6(11)12-3/h1,5H. The summed E-state index contributed by atoms with van der Waals surface area (Å²) < 4.78 is 24.7. The maximum absolute atomic E-state index is 12.2. The molecule has 0 aromatic carbocycles. The normalized spacial score (nSPS) is 10.8. The summed E-state index contributed by atoms with van der Waals surface area (Å²) in [4.78, 5) is 3.70. The Morgan fingerprint density at radius 1 is 1.42 bits per heavy atom. The van der Waals surface area contributed by atoms with E-state index >= 15 is 0 Å². The molecule has 0 atom stereocenters. The number of nitrogens with zero attached hydrogens (tertiary/aromatic N) is 1. The van der Waals surface area contributed by atoms with Gasteiger partial charge in [-0.2, -0.15) is 0 Å². The second-order valence-corrected chi connectivity index (χ2v) is 3.73. The van der Waals surface area contributed by atoms with Crippen LogP contribution in [0.2, 0.25) is 10.2 Å². The molecule has 0 spiro atoms. The smallest absolute Gasteiger partial charge is 0.229 e. The summed E-state index contributed by atoms with van der Waals surface area (Å²) in [7, 11) is 0. The molecule has 1 aromatic rings. The number of pyridine rings is 1. The molecule has 1 heterocycles. The first-order valence-corrected chi connectivity index (χ1v) is 4.65. The van der Waals surface area contributed by atoms with Gasteiger partial charge in [0.2, 0.25) is 0 Å². The molecule has 1 nitrogen and oxygen atoms in total. The van der Waals surface area contributed by atoms with Gasteiger partial charge >= 0.3 is 0 Å². The van der Waals surface area contributed by atoms with Gasteiger partial charge in [-0.05, 0) is 28.7 Å². The van der Waals surface area contributed by atoms with Crippen molar-refractivity contribution < 1.29 is 8.78 Å². The lowest BCUT2D eigenvalue weighted by atomic mass is 10.3. The van der Waals surface area contributed by atoms with Crippen molar-refractivity contribution >= 4 is 45.8 Å². The van der Waals surface area contributed by atoms with Crippen molar-refractivity contribution in [1.29, 1.82) is 0 Å². The maximum atomic E-state index is 12.2. The SMILES string of the molecule is FC(F)c1cc(Cl)nc(I)c1Cl. The lowest BCUT2D eigenvalue weighted by Crippen LogP contribution is -1.92. The molecule has 0 aliphatic heterocycles. The average Bonchev–Trinajstić information content (AvgIpc) is 1.96. The van der Waals surface area contributed by atoms with Crippen molar-refractivity contribution in [3.63, 3.8) is 0 Å². The lowest BCUT2D eigenvalue weighted by Gasteiger charge is -2.04. The number of hydrogen-bond donors (Lipinski definition) is 0. The Kier molecular flexibility index (Phi) is 3.48. The van der Waals surface area contributed by atoms with Crippen molar-refractivity contribution in [2.75, 3.05) is 0 Å². The first-order chi connectivity index (χ1) is 5.52. The van der Waals surface area contributed by atoms with Crippen molar-refractivity contribution in [2.24, 2.45) is 0 Å². The van der Waals surface area contributed by atoms with E-state index in [4.69, 9.17) is 23.2 Å². The van der Waals surface area contributed by atoms with E-state index in [1.807, 2.05) is 0 Å². The molecule has 0 saturated heterocycles. The molecule has 0 unspecified atom stereocenters. The third-order valence-electron chi connectivity index (χ3n) is 1.15. The predicted octanol–water partition coefficient (Wildman–Crippen LogP) is 3.93. The lowest BCUT2D eigenvalue weighted by molar-refractivity contribution is 0.151. The molecule has 6 heteroatoms. The zero-order valence-corrected chi connectivity index (χ0v) is 9.16. The summed E-state index contributed by atoms with van der Waals surface area (Å²) in [5.74, 6) is 0. The van der Waals surface area contributed by atoms with Gasteiger partial charge in [0.1, 0.15) is 8.85 Å². The molecular formula is C6H2Cl2F2IN. The van der Waals surface area contributed by atoms with Crippen LogP contribution >= 0.6 is 45.8 Å². The number of aromatic nitrogens is 1. The first kappa shape index (κ1) is 10.4. The van der Waals surface area contributed by atoms with Gasteiger partial charge in [-0.3, -0.25) is 0 Å². The third kappa shape index (κ3) is 2.17. The van der Waals surface area contributed by atoms with E-state index in [0.29, 0.717) is 0 Å². The fourth-order valence-electron chi connectivity index (χ4n) is 0.645. The van der Waals surface area contributed by atoms with Gasteiger partial charge in [-0.15, -0.1) is 0 Å². The monoisotopic (exact) mass is 323 g/mol. The molecule has 0 fully saturated rings. The van der Waals surface area contributed by atoms with Crippen LogP contribution in [0.25, 0.3) is 0 Å². The number of hydrogen-bond acceptors (Lipinski definition) is 1. The van der Waals surface area contributed by atoms with Crippen molar-refractivity contribution in [3.8, 4) is 0 Å². The minimum absolute atomic E-state index is 0.0269. The minimum Gasteiger partial charge on any atom is -0.229 e. The number of alkyl halides is 2. The zero-order valence-electron chi connectivity index (χ0n) is 5.49. The number of halogens is 5. The largest absolute Gasteiger partial charge is 0.265 e. The Hall–Kier alpha value is 0.320. The van der Waals surface area contributed by atoms with Gasteiger partial charge in [-0.1, -0.05) is 23.2 Å². The predicted molar refractivity (Wildman–Crippen MR) is 51.9 cm³/mol. The average molecular weight is 324 g/mol. The van der Waals surface area contributed by atoms with Gasteiger partial charge in [-0.25, -0.2) is 13.8 Å². The zero-order chi connectivity index (χ0) is 9.30. The Labute approximate surface area is 91.2 Å².